The van der Waals surface area contributed by atoms with E-state index in [1.165, 1.54) is 0 Å². The Bertz CT molecular complexity index is 648. The molecule has 1 aromatic carbocycles. The number of rotatable bonds is 2. The minimum atomic E-state index is -0.237. The molecule has 1 aromatic heterocycles. The molecule has 0 spiro atoms. The van der Waals surface area contributed by atoms with Gasteiger partial charge in [-0.25, -0.2) is 0 Å². The number of carbonyl (C=O) groups excluding carboxylic acids is 1. The molecule has 0 radical (unpaired) electrons. The Balaban J connectivity index is 2.27. The highest BCUT2D eigenvalue weighted by Gasteiger charge is 2.26. The molecule has 0 saturated carbocycles. The van der Waals surface area contributed by atoms with E-state index in [4.69, 9.17) is 5.73 Å². The summed E-state index contributed by atoms with van der Waals surface area (Å²) in [6.45, 7) is 5.98. The summed E-state index contributed by atoms with van der Waals surface area (Å²) in [5.74, 6) is -0.237. The number of benzene rings is 1. The van der Waals surface area contributed by atoms with Crippen LogP contribution in [0.1, 0.15) is 36.1 Å². The SMILES string of the molecule is CC(C)(C)c1nnsc1C(=O)Nc1ccc(Br)cc1N. The number of hydrogen-bond acceptors (Lipinski definition) is 5. The molecule has 2 aromatic rings. The quantitative estimate of drug-likeness (QED) is 0.809. The van der Waals surface area contributed by atoms with Crippen LogP contribution in [0.2, 0.25) is 0 Å². The fourth-order valence-corrected chi connectivity index (χ4v) is 2.81. The maximum Gasteiger partial charge on any atom is 0.269 e. The molecule has 20 heavy (non-hydrogen) atoms. The Morgan fingerprint density at radius 1 is 1.40 bits per heavy atom. The molecule has 0 fully saturated rings. The molecule has 1 heterocycles. The Hall–Kier alpha value is -1.47. The number of hydrogen-bond donors (Lipinski definition) is 2. The van der Waals surface area contributed by atoms with Crippen molar-refractivity contribution in [2.45, 2.75) is 26.2 Å². The van der Waals surface area contributed by atoms with Gasteiger partial charge < -0.3 is 11.1 Å². The van der Waals surface area contributed by atoms with Crippen molar-refractivity contribution in [2.24, 2.45) is 0 Å². The van der Waals surface area contributed by atoms with Crippen molar-refractivity contribution in [3.05, 3.63) is 33.2 Å². The molecule has 0 unspecified atom stereocenters. The molecule has 0 aliphatic rings. The fraction of sp³-hybridized carbons (Fsp3) is 0.308. The molecule has 5 nitrogen and oxygen atoms in total. The highest BCUT2D eigenvalue weighted by atomic mass is 79.9. The number of carbonyl (C=O) groups is 1. The van der Waals surface area contributed by atoms with Crippen LogP contribution in [-0.2, 0) is 5.41 Å². The first-order valence-corrected chi connectivity index (χ1v) is 7.55. The zero-order chi connectivity index (χ0) is 14.9. The smallest absolute Gasteiger partial charge is 0.269 e. The van der Waals surface area contributed by atoms with E-state index in [9.17, 15) is 4.79 Å². The predicted octanol–water partition coefficient (Wildman–Crippen LogP) is 3.43. The summed E-state index contributed by atoms with van der Waals surface area (Å²) < 4.78 is 4.74. The third-order valence-electron chi connectivity index (χ3n) is 2.67. The van der Waals surface area contributed by atoms with Crippen molar-refractivity contribution in [1.82, 2.24) is 9.59 Å². The average molecular weight is 355 g/mol. The lowest BCUT2D eigenvalue weighted by molar-refractivity contribution is 0.102. The van der Waals surface area contributed by atoms with E-state index in [1.54, 1.807) is 12.1 Å². The van der Waals surface area contributed by atoms with Gasteiger partial charge in [0, 0.05) is 9.89 Å². The third-order valence-corrected chi connectivity index (χ3v) is 3.88. The second-order valence-electron chi connectivity index (χ2n) is 5.39. The van der Waals surface area contributed by atoms with E-state index in [2.05, 4.69) is 30.8 Å². The van der Waals surface area contributed by atoms with Gasteiger partial charge in [0.2, 0.25) is 0 Å². The summed E-state index contributed by atoms with van der Waals surface area (Å²) >= 11 is 4.42. The number of nitrogens with one attached hydrogen (secondary N) is 1. The summed E-state index contributed by atoms with van der Waals surface area (Å²) in [6.07, 6.45) is 0. The number of nitrogens with two attached hydrogens (primary N) is 1. The number of aromatic nitrogens is 2. The molecular weight excluding hydrogens is 340 g/mol. The van der Waals surface area contributed by atoms with Crippen LogP contribution >= 0.6 is 27.5 Å². The number of nitrogen functional groups attached to an aromatic ring is 1. The van der Waals surface area contributed by atoms with Gasteiger partial charge in [0.1, 0.15) is 4.88 Å². The van der Waals surface area contributed by atoms with Crippen LogP contribution in [-0.4, -0.2) is 15.5 Å². The van der Waals surface area contributed by atoms with Gasteiger partial charge in [-0.05, 0) is 29.7 Å². The Morgan fingerprint density at radius 3 is 2.70 bits per heavy atom. The Labute approximate surface area is 129 Å². The number of nitrogens with zero attached hydrogens (tertiary/aromatic N) is 2. The first kappa shape index (κ1) is 14.9. The summed E-state index contributed by atoms with van der Waals surface area (Å²) in [5.41, 5.74) is 7.41. The van der Waals surface area contributed by atoms with Crippen LogP contribution in [0, 0.1) is 0 Å². The largest absolute Gasteiger partial charge is 0.397 e. The molecule has 0 saturated heterocycles. The molecule has 2 rings (SSSR count). The second kappa shape index (κ2) is 5.49. The zero-order valence-corrected chi connectivity index (χ0v) is 13.8. The Kier molecular flexibility index (Phi) is 4.10. The Morgan fingerprint density at radius 2 is 2.10 bits per heavy atom. The number of anilines is 2. The molecule has 1 amide bonds. The monoisotopic (exact) mass is 354 g/mol. The molecule has 0 aliphatic heterocycles. The van der Waals surface area contributed by atoms with E-state index in [-0.39, 0.29) is 11.3 Å². The molecular formula is C13H15BrN4OS. The van der Waals surface area contributed by atoms with E-state index in [0.29, 0.717) is 21.9 Å². The van der Waals surface area contributed by atoms with Crippen molar-refractivity contribution in [2.75, 3.05) is 11.1 Å². The lowest BCUT2D eigenvalue weighted by Gasteiger charge is -2.16. The average Bonchev–Trinajstić information content (AvgIpc) is 2.81. The van der Waals surface area contributed by atoms with Crippen molar-refractivity contribution < 1.29 is 4.79 Å². The van der Waals surface area contributed by atoms with Crippen molar-refractivity contribution in [1.29, 1.82) is 0 Å². The normalized spacial score (nSPS) is 11.4. The van der Waals surface area contributed by atoms with Crippen LogP contribution in [0.4, 0.5) is 11.4 Å². The van der Waals surface area contributed by atoms with Gasteiger partial charge in [-0.2, -0.15) is 0 Å². The summed E-state index contributed by atoms with van der Waals surface area (Å²) in [7, 11) is 0. The van der Waals surface area contributed by atoms with Crippen molar-refractivity contribution >= 4 is 44.7 Å². The predicted molar refractivity (Wildman–Crippen MR) is 85.1 cm³/mol. The number of halogens is 1. The van der Waals surface area contributed by atoms with Crippen LogP contribution in [0.3, 0.4) is 0 Å². The molecule has 7 heteroatoms. The standard InChI is InChI=1S/C13H15BrN4OS/c1-13(2,3)11-10(20-18-17-11)12(19)16-9-5-4-7(14)6-8(9)15/h4-6H,15H2,1-3H3,(H,16,19). The summed E-state index contributed by atoms with van der Waals surface area (Å²) in [4.78, 5) is 12.8. The zero-order valence-electron chi connectivity index (χ0n) is 11.4. The summed E-state index contributed by atoms with van der Waals surface area (Å²) in [5, 5.41) is 6.85. The topological polar surface area (TPSA) is 80.9 Å². The minimum Gasteiger partial charge on any atom is -0.397 e. The number of amides is 1. The van der Waals surface area contributed by atoms with Crippen LogP contribution in [0.15, 0.2) is 22.7 Å². The van der Waals surface area contributed by atoms with Gasteiger partial charge >= 0.3 is 0 Å². The van der Waals surface area contributed by atoms with E-state index < -0.39 is 0 Å². The lowest BCUT2D eigenvalue weighted by Crippen LogP contribution is -2.20. The first-order chi connectivity index (χ1) is 9.29. The molecule has 106 valence electrons. The van der Waals surface area contributed by atoms with Gasteiger partial charge in [0.05, 0.1) is 17.1 Å². The van der Waals surface area contributed by atoms with Crippen molar-refractivity contribution in [3.8, 4) is 0 Å². The van der Waals surface area contributed by atoms with Gasteiger partial charge in [-0.3, -0.25) is 4.79 Å². The van der Waals surface area contributed by atoms with Gasteiger partial charge in [0.15, 0.2) is 0 Å². The second-order valence-corrected chi connectivity index (χ2v) is 7.06. The minimum absolute atomic E-state index is 0.231. The molecule has 0 bridgehead atoms. The van der Waals surface area contributed by atoms with E-state index in [0.717, 1.165) is 16.0 Å². The molecule has 0 atom stereocenters. The first-order valence-electron chi connectivity index (χ1n) is 5.98. The molecule has 3 N–H and O–H groups in total. The highest BCUT2D eigenvalue weighted by molar-refractivity contribution is 9.10. The van der Waals surface area contributed by atoms with Crippen molar-refractivity contribution in [3.63, 3.8) is 0 Å². The van der Waals surface area contributed by atoms with E-state index in [1.807, 2.05) is 26.8 Å². The lowest BCUT2D eigenvalue weighted by atomic mass is 9.91. The van der Waals surface area contributed by atoms with Gasteiger partial charge in [-0.1, -0.05) is 41.2 Å². The van der Waals surface area contributed by atoms with Crippen LogP contribution in [0.5, 0.6) is 0 Å². The van der Waals surface area contributed by atoms with Crippen LogP contribution in [0.25, 0.3) is 0 Å². The fourth-order valence-electron chi connectivity index (χ4n) is 1.66. The summed E-state index contributed by atoms with van der Waals surface area (Å²) in [6, 6.07) is 5.31. The maximum absolute atomic E-state index is 12.3. The van der Waals surface area contributed by atoms with Crippen LogP contribution < -0.4 is 11.1 Å². The molecule has 0 aliphatic carbocycles. The third kappa shape index (κ3) is 3.16. The van der Waals surface area contributed by atoms with Gasteiger partial charge in [-0.15, -0.1) is 5.10 Å². The maximum atomic E-state index is 12.3. The highest BCUT2D eigenvalue weighted by Crippen LogP contribution is 2.28. The van der Waals surface area contributed by atoms with E-state index >= 15 is 0 Å². The van der Waals surface area contributed by atoms with Gasteiger partial charge in [0.25, 0.3) is 5.91 Å².